The fourth-order valence-electron chi connectivity index (χ4n) is 3.60. The van der Waals surface area contributed by atoms with E-state index in [0.717, 1.165) is 12.8 Å². The quantitative estimate of drug-likeness (QED) is 0.483. The Labute approximate surface area is 112 Å². The summed E-state index contributed by atoms with van der Waals surface area (Å²) < 4.78 is 5.44. The predicted molar refractivity (Wildman–Crippen MR) is 68.3 cm³/mol. The second kappa shape index (κ2) is 4.43. The lowest BCUT2D eigenvalue weighted by atomic mass is 9.70. The number of aliphatic hydroxyl groups excluding tert-OH is 1. The van der Waals surface area contributed by atoms with Crippen molar-refractivity contribution in [2.24, 2.45) is 16.7 Å². The molecule has 0 aliphatic heterocycles. The van der Waals surface area contributed by atoms with Crippen LogP contribution < -0.4 is 0 Å². The Balaban J connectivity index is 2.05. The van der Waals surface area contributed by atoms with Crippen molar-refractivity contribution < 1.29 is 14.6 Å². The Bertz CT molecular complexity index is 404. The molecule has 4 atom stereocenters. The average molecular weight is 269 g/mol. The minimum atomic E-state index is -1.39. The molecule has 0 aromatic heterocycles. The number of hydrogen-bond acceptors (Lipinski definition) is 5. The second-order valence-corrected chi connectivity index (χ2v) is 6.96. The Morgan fingerprint density at radius 3 is 2.67 bits per heavy atom. The number of nitriles is 1. The summed E-state index contributed by atoms with van der Waals surface area (Å²) in [7, 11) is 0. The molecule has 0 amide bonds. The van der Waals surface area contributed by atoms with Gasteiger partial charge in [-0.1, -0.05) is 20.8 Å². The van der Waals surface area contributed by atoms with Crippen LogP contribution in [0.2, 0.25) is 0 Å². The zero-order valence-corrected chi connectivity index (χ0v) is 11.8. The summed E-state index contributed by atoms with van der Waals surface area (Å²) in [5, 5.41) is 19.6. The normalized spacial score (nSPS) is 38.2. The van der Waals surface area contributed by atoms with Crippen molar-refractivity contribution in [3.05, 3.63) is 0 Å². The van der Waals surface area contributed by atoms with Gasteiger partial charge in [0.25, 0.3) is 0 Å². The van der Waals surface area contributed by atoms with Gasteiger partial charge in [0.1, 0.15) is 11.5 Å². The van der Waals surface area contributed by atoms with Crippen molar-refractivity contribution in [1.82, 2.24) is 0 Å². The van der Waals surface area contributed by atoms with Crippen LogP contribution in [0.4, 0.5) is 0 Å². The smallest absolute Gasteiger partial charge is 0.346 e. The van der Waals surface area contributed by atoms with E-state index in [-0.39, 0.29) is 16.9 Å². The van der Waals surface area contributed by atoms with E-state index < -0.39 is 11.4 Å². The van der Waals surface area contributed by atoms with Crippen LogP contribution in [0.1, 0.15) is 40.0 Å². The fourth-order valence-corrected chi connectivity index (χ4v) is 3.86. The van der Waals surface area contributed by atoms with E-state index in [4.69, 9.17) is 10.00 Å². The van der Waals surface area contributed by atoms with Gasteiger partial charge in [-0.3, -0.25) is 0 Å². The Morgan fingerprint density at radius 2 is 2.22 bits per heavy atom. The van der Waals surface area contributed by atoms with Crippen LogP contribution in [0.3, 0.4) is 0 Å². The molecule has 2 fully saturated rings. The molecular formula is C13H19NO3S. The van der Waals surface area contributed by atoms with Crippen LogP contribution >= 0.6 is 11.8 Å². The number of rotatable bonds is 3. The lowest BCUT2D eigenvalue weighted by molar-refractivity contribution is -0.162. The third kappa shape index (κ3) is 1.83. The van der Waals surface area contributed by atoms with Crippen LogP contribution in [0.5, 0.6) is 0 Å². The summed E-state index contributed by atoms with van der Waals surface area (Å²) in [6, 6.07) is 0. The van der Waals surface area contributed by atoms with Gasteiger partial charge in [-0.15, -0.1) is 0 Å². The maximum atomic E-state index is 11.7. The van der Waals surface area contributed by atoms with E-state index >= 15 is 0 Å². The number of nitrogens with zero attached hydrogens (tertiary/aromatic N) is 1. The number of esters is 1. The van der Waals surface area contributed by atoms with E-state index in [9.17, 15) is 9.90 Å². The first-order valence-electron chi connectivity index (χ1n) is 6.26. The lowest BCUT2D eigenvalue weighted by Gasteiger charge is -2.38. The number of hydrogen-bond donors (Lipinski definition) is 1. The minimum Gasteiger partial charge on any atom is -0.459 e. The standard InChI is InChI=1S/C13H19NO3S/c1-12(2)8-4-5-13(12,3)9(6-8)17-10(15)11(16)18-7-14/h8-9,11,16H,4-6H2,1-3H3/t8-,9?,11?,13-/m1/s1. The topological polar surface area (TPSA) is 70.3 Å². The molecule has 4 nitrogen and oxygen atoms in total. The summed E-state index contributed by atoms with van der Waals surface area (Å²) in [6.45, 7) is 6.64. The zero-order chi connectivity index (χ0) is 13.6. The number of carbonyl (C=O) groups excluding carboxylic acids is 1. The molecule has 100 valence electrons. The third-order valence-corrected chi connectivity index (χ3v) is 5.86. The highest BCUT2D eigenvalue weighted by atomic mass is 32.2. The van der Waals surface area contributed by atoms with Gasteiger partial charge in [0.2, 0.25) is 5.44 Å². The van der Waals surface area contributed by atoms with Gasteiger partial charge in [0.05, 0.1) is 0 Å². The van der Waals surface area contributed by atoms with E-state index in [0.29, 0.717) is 17.7 Å². The maximum Gasteiger partial charge on any atom is 0.346 e. The summed E-state index contributed by atoms with van der Waals surface area (Å²) in [4.78, 5) is 11.7. The van der Waals surface area contributed by atoms with Gasteiger partial charge in [-0.25, -0.2) is 4.79 Å². The zero-order valence-electron chi connectivity index (χ0n) is 11.0. The van der Waals surface area contributed by atoms with Crippen LogP contribution in [0, 0.1) is 27.4 Å². The molecule has 0 spiro atoms. The molecule has 2 saturated carbocycles. The van der Waals surface area contributed by atoms with Crippen molar-refractivity contribution in [2.75, 3.05) is 0 Å². The SMILES string of the molecule is CC1(C)[C@@H]2CC[C@]1(C)C(OC(=O)C(O)SC#N)C2. The molecule has 0 aromatic rings. The van der Waals surface area contributed by atoms with Crippen LogP contribution in [-0.2, 0) is 9.53 Å². The summed E-state index contributed by atoms with van der Waals surface area (Å²) in [5.74, 6) is -0.0998. The molecule has 0 heterocycles. The van der Waals surface area contributed by atoms with Crippen molar-refractivity contribution >= 4 is 17.7 Å². The van der Waals surface area contributed by atoms with E-state index in [1.165, 1.54) is 6.42 Å². The number of thioether (sulfide) groups is 1. The molecule has 2 rings (SSSR count). The Morgan fingerprint density at radius 1 is 1.56 bits per heavy atom. The highest BCUT2D eigenvalue weighted by Crippen LogP contribution is 2.66. The highest BCUT2D eigenvalue weighted by molar-refractivity contribution is 8.04. The Kier molecular flexibility index (Phi) is 3.37. The molecule has 1 N–H and O–H groups in total. The van der Waals surface area contributed by atoms with Crippen LogP contribution in [-0.4, -0.2) is 22.6 Å². The predicted octanol–water partition coefficient (Wildman–Crippen LogP) is 2.28. The first-order chi connectivity index (χ1) is 8.33. The second-order valence-electron chi connectivity index (χ2n) is 6.10. The first-order valence-corrected chi connectivity index (χ1v) is 7.14. The van der Waals surface area contributed by atoms with Gasteiger partial charge < -0.3 is 9.84 Å². The maximum absolute atomic E-state index is 11.7. The number of fused-ring (bicyclic) bond motifs is 2. The highest BCUT2D eigenvalue weighted by Gasteiger charge is 2.63. The molecule has 2 unspecified atom stereocenters. The van der Waals surface area contributed by atoms with E-state index in [2.05, 4.69) is 20.8 Å². The van der Waals surface area contributed by atoms with Crippen LogP contribution in [0.25, 0.3) is 0 Å². The van der Waals surface area contributed by atoms with E-state index in [1.807, 2.05) is 0 Å². The molecule has 0 radical (unpaired) electrons. The number of carbonyl (C=O) groups is 1. The summed E-state index contributed by atoms with van der Waals surface area (Å²) in [6.07, 6.45) is 2.99. The molecule has 18 heavy (non-hydrogen) atoms. The van der Waals surface area contributed by atoms with Crippen molar-refractivity contribution in [3.8, 4) is 5.40 Å². The minimum absolute atomic E-state index is 0.00957. The van der Waals surface area contributed by atoms with Gasteiger partial charge in [-0.05, 0) is 42.4 Å². The molecule has 2 aliphatic rings. The Hall–Kier alpha value is -0.730. The number of thiocyanates is 1. The molecule has 0 saturated heterocycles. The van der Waals surface area contributed by atoms with Gasteiger partial charge in [0.15, 0.2) is 0 Å². The summed E-state index contributed by atoms with van der Waals surface area (Å²) >= 11 is 0.528. The van der Waals surface area contributed by atoms with Crippen LogP contribution in [0.15, 0.2) is 0 Å². The fraction of sp³-hybridized carbons (Fsp3) is 0.846. The molecule has 5 heteroatoms. The first kappa shape index (κ1) is 13.7. The molecule has 2 bridgehead atoms. The van der Waals surface area contributed by atoms with Crippen molar-refractivity contribution in [2.45, 2.75) is 51.6 Å². The molecular weight excluding hydrogens is 250 g/mol. The van der Waals surface area contributed by atoms with Gasteiger partial charge in [0, 0.05) is 5.41 Å². The van der Waals surface area contributed by atoms with Gasteiger partial charge in [-0.2, -0.15) is 5.26 Å². The molecule has 2 aliphatic carbocycles. The largest absolute Gasteiger partial charge is 0.459 e. The van der Waals surface area contributed by atoms with Crippen molar-refractivity contribution in [3.63, 3.8) is 0 Å². The third-order valence-electron chi connectivity index (χ3n) is 5.34. The number of aliphatic hydroxyl groups is 1. The average Bonchev–Trinajstić information content (AvgIpc) is 2.62. The van der Waals surface area contributed by atoms with E-state index in [1.54, 1.807) is 5.40 Å². The van der Waals surface area contributed by atoms with Gasteiger partial charge >= 0.3 is 5.97 Å². The summed E-state index contributed by atoms with van der Waals surface area (Å²) in [5.41, 5.74) is -1.23. The lowest BCUT2D eigenvalue weighted by Crippen LogP contribution is -2.39. The monoisotopic (exact) mass is 269 g/mol. The molecule has 0 aromatic carbocycles. The number of ether oxygens (including phenoxy) is 1. The van der Waals surface area contributed by atoms with Crippen molar-refractivity contribution in [1.29, 1.82) is 5.26 Å².